The van der Waals surface area contributed by atoms with E-state index in [2.05, 4.69) is 5.16 Å². The van der Waals surface area contributed by atoms with Crippen molar-refractivity contribution in [3.63, 3.8) is 0 Å². The van der Waals surface area contributed by atoms with Crippen LogP contribution in [0.3, 0.4) is 0 Å². The summed E-state index contributed by atoms with van der Waals surface area (Å²) in [5.74, 6) is 0.849. The molecule has 0 aliphatic carbocycles. The Balaban J connectivity index is 2.07. The average molecular weight is 252 g/mol. The predicted octanol–water partition coefficient (Wildman–Crippen LogP) is 1.47. The van der Waals surface area contributed by atoms with Crippen molar-refractivity contribution in [2.75, 3.05) is 13.2 Å². The number of carbonyl (C=O) groups excluding carboxylic acids is 1. The lowest BCUT2D eigenvalue weighted by atomic mass is 10.1. The second kappa shape index (κ2) is 5.10. The van der Waals surface area contributed by atoms with Crippen LogP contribution in [-0.2, 0) is 16.0 Å². The van der Waals surface area contributed by atoms with E-state index in [1.165, 1.54) is 0 Å². The summed E-state index contributed by atoms with van der Waals surface area (Å²) < 4.78 is 10.6. The fraction of sp³-hybridized carbons (Fsp3) is 0.692. The number of rotatable bonds is 2. The van der Waals surface area contributed by atoms with E-state index >= 15 is 0 Å². The first-order valence-electron chi connectivity index (χ1n) is 6.32. The maximum Gasteiger partial charge on any atom is 0.227 e. The zero-order valence-electron chi connectivity index (χ0n) is 11.4. The maximum absolute atomic E-state index is 12.3. The Morgan fingerprint density at radius 2 is 2.17 bits per heavy atom. The van der Waals surface area contributed by atoms with Crippen molar-refractivity contribution in [2.24, 2.45) is 0 Å². The van der Waals surface area contributed by atoms with Crippen molar-refractivity contribution in [1.82, 2.24) is 10.1 Å². The van der Waals surface area contributed by atoms with Gasteiger partial charge in [0, 0.05) is 12.1 Å². The van der Waals surface area contributed by atoms with Crippen LogP contribution < -0.4 is 0 Å². The summed E-state index contributed by atoms with van der Waals surface area (Å²) >= 11 is 0. The number of morpholine rings is 1. The van der Waals surface area contributed by atoms with Crippen LogP contribution in [0.5, 0.6) is 0 Å². The van der Waals surface area contributed by atoms with Gasteiger partial charge < -0.3 is 14.2 Å². The molecule has 1 aliphatic rings. The van der Waals surface area contributed by atoms with Crippen molar-refractivity contribution < 1.29 is 14.1 Å². The molecule has 1 saturated heterocycles. The molecule has 1 aliphatic heterocycles. The molecule has 0 aromatic carbocycles. The molecule has 1 aromatic rings. The lowest BCUT2D eigenvalue weighted by molar-refractivity contribution is -0.142. The Kier molecular flexibility index (Phi) is 3.71. The molecule has 2 atom stereocenters. The number of ether oxygens (including phenoxy) is 1. The quantitative estimate of drug-likeness (QED) is 0.799. The molecule has 0 saturated carbocycles. The van der Waals surface area contributed by atoms with Gasteiger partial charge in [-0.25, -0.2) is 0 Å². The average Bonchev–Trinajstić information content (AvgIpc) is 2.64. The highest BCUT2D eigenvalue weighted by molar-refractivity contribution is 5.79. The van der Waals surface area contributed by atoms with E-state index in [0.717, 1.165) is 17.0 Å². The van der Waals surface area contributed by atoms with Crippen LogP contribution in [0.15, 0.2) is 4.52 Å². The molecule has 0 N–H and O–H groups in total. The molecule has 0 spiro atoms. The number of carbonyl (C=O) groups is 1. The normalized spacial score (nSPS) is 24.3. The van der Waals surface area contributed by atoms with Crippen molar-refractivity contribution >= 4 is 5.91 Å². The Labute approximate surface area is 107 Å². The maximum atomic E-state index is 12.3. The number of nitrogens with zero attached hydrogens (tertiary/aromatic N) is 2. The van der Waals surface area contributed by atoms with Gasteiger partial charge in [0.05, 0.1) is 30.9 Å². The van der Waals surface area contributed by atoms with E-state index < -0.39 is 0 Å². The van der Waals surface area contributed by atoms with Crippen LogP contribution in [0.2, 0.25) is 0 Å². The van der Waals surface area contributed by atoms with E-state index in [1.807, 2.05) is 32.6 Å². The van der Waals surface area contributed by atoms with E-state index in [9.17, 15) is 4.79 Å². The molecule has 0 radical (unpaired) electrons. The van der Waals surface area contributed by atoms with Gasteiger partial charge in [0.1, 0.15) is 5.76 Å². The summed E-state index contributed by atoms with van der Waals surface area (Å²) in [5.41, 5.74) is 1.71. The van der Waals surface area contributed by atoms with Crippen LogP contribution in [0, 0.1) is 13.8 Å². The summed E-state index contributed by atoms with van der Waals surface area (Å²) in [6.07, 6.45) is 0.466. The molecule has 5 nitrogen and oxygen atoms in total. The summed E-state index contributed by atoms with van der Waals surface area (Å²) in [6, 6.07) is 0.133. The van der Waals surface area contributed by atoms with Gasteiger partial charge in [-0.15, -0.1) is 0 Å². The Hall–Kier alpha value is -1.36. The van der Waals surface area contributed by atoms with Gasteiger partial charge in [-0.3, -0.25) is 4.79 Å². The van der Waals surface area contributed by atoms with Gasteiger partial charge >= 0.3 is 0 Å². The summed E-state index contributed by atoms with van der Waals surface area (Å²) in [6.45, 7) is 8.97. The van der Waals surface area contributed by atoms with Gasteiger partial charge in [0.15, 0.2) is 0 Å². The SMILES string of the molecule is Cc1noc(C)c1CC(=O)N1CC(C)OCC1C. The molecule has 100 valence electrons. The van der Waals surface area contributed by atoms with Crippen molar-refractivity contribution in [1.29, 1.82) is 0 Å². The third-order valence-electron chi connectivity index (χ3n) is 3.44. The molecule has 1 aromatic heterocycles. The third kappa shape index (κ3) is 2.56. The van der Waals surface area contributed by atoms with Crippen molar-refractivity contribution in [3.8, 4) is 0 Å². The first-order valence-corrected chi connectivity index (χ1v) is 6.32. The molecular formula is C13H20N2O3. The number of amides is 1. The molecule has 2 rings (SSSR count). The standard InChI is InChI=1S/C13H20N2O3/c1-8-7-17-9(2)6-15(8)13(16)5-12-10(3)14-18-11(12)4/h8-9H,5-7H2,1-4H3. The highest BCUT2D eigenvalue weighted by Gasteiger charge is 2.28. The summed E-state index contributed by atoms with van der Waals surface area (Å²) in [5, 5.41) is 3.88. The van der Waals surface area contributed by atoms with Crippen LogP contribution >= 0.6 is 0 Å². The van der Waals surface area contributed by atoms with E-state index in [1.54, 1.807) is 0 Å². The molecule has 1 fully saturated rings. The number of aryl methyl sites for hydroxylation is 2. The largest absolute Gasteiger partial charge is 0.375 e. The van der Waals surface area contributed by atoms with Gasteiger partial charge in [0.2, 0.25) is 5.91 Å². The van der Waals surface area contributed by atoms with Gasteiger partial charge in [-0.1, -0.05) is 5.16 Å². The van der Waals surface area contributed by atoms with Crippen LogP contribution in [0.1, 0.15) is 30.9 Å². The Morgan fingerprint density at radius 1 is 1.44 bits per heavy atom. The minimum absolute atomic E-state index is 0.106. The minimum Gasteiger partial charge on any atom is -0.375 e. The Bertz CT molecular complexity index is 422. The van der Waals surface area contributed by atoms with E-state index in [4.69, 9.17) is 9.26 Å². The fourth-order valence-corrected chi connectivity index (χ4v) is 2.26. The molecule has 2 unspecified atom stereocenters. The zero-order valence-corrected chi connectivity index (χ0v) is 11.4. The van der Waals surface area contributed by atoms with Crippen LogP contribution in [0.4, 0.5) is 0 Å². The lowest BCUT2D eigenvalue weighted by Crippen LogP contribution is -2.50. The second-order valence-electron chi connectivity index (χ2n) is 5.02. The summed E-state index contributed by atoms with van der Waals surface area (Å²) in [7, 11) is 0. The van der Waals surface area contributed by atoms with Gasteiger partial charge in [-0.05, 0) is 27.7 Å². The molecule has 2 heterocycles. The molecule has 0 bridgehead atoms. The smallest absolute Gasteiger partial charge is 0.227 e. The zero-order chi connectivity index (χ0) is 13.3. The molecular weight excluding hydrogens is 232 g/mol. The Morgan fingerprint density at radius 3 is 2.78 bits per heavy atom. The number of hydrogen-bond donors (Lipinski definition) is 0. The summed E-state index contributed by atoms with van der Waals surface area (Å²) in [4.78, 5) is 14.2. The highest BCUT2D eigenvalue weighted by atomic mass is 16.5. The van der Waals surface area contributed by atoms with Gasteiger partial charge in [-0.2, -0.15) is 0 Å². The second-order valence-corrected chi connectivity index (χ2v) is 5.02. The van der Waals surface area contributed by atoms with Gasteiger partial charge in [0.25, 0.3) is 0 Å². The number of hydrogen-bond acceptors (Lipinski definition) is 4. The van der Waals surface area contributed by atoms with Crippen molar-refractivity contribution in [2.45, 2.75) is 46.3 Å². The fourth-order valence-electron chi connectivity index (χ4n) is 2.26. The highest BCUT2D eigenvalue weighted by Crippen LogP contribution is 2.17. The van der Waals surface area contributed by atoms with Crippen molar-refractivity contribution in [3.05, 3.63) is 17.0 Å². The van der Waals surface area contributed by atoms with E-state index in [0.29, 0.717) is 19.6 Å². The predicted molar refractivity (Wildman–Crippen MR) is 66.3 cm³/mol. The first-order chi connectivity index (χ1) is 8.49. The van der Waals surface area contributed by atoms with Crippen LogP contribution in [-0.4, -0.2) is 41.3 Å². The van der Waals surface area contributed by atoms with Crippen LogP contribution in [0.25, 0.3) is 0 Å². The molecule has 18 heavy (non-hydrogen) atoms. The third-order valence-corrected chi connectivity index (χ3v) is 3.44. The lowest BCUT2D eigenvalue weighted by Gasteiger charge is -2.36. The molecule has 5 heteroatoms. The van der Waals surface area contributed by atoms with E-state index in [-0.39, 0.29) is 18.1 Å². The monoisotopic (exact) mass is 252 g/mol. The topological polar surface area (TPSA) is 55.6 Å². The molecule has 1 amide bonds. The first kappa shape index (κ1) is 13.1. The number of aromatic nitrogens is 1. The minimum atomic E-state index is 0.106.